The molecule has 2 heterocycles. The van der Waals surface area contributed by atoms with Gasteiger partial charge in [-0.3, -0.25) is 4.72 Å². The number of sulfonamides is 1. The molecule has 3 aromatic rings. The Labute approximate surface area is 186 Å². The minimum Gasteiger partial charge on any atom is -0.490 e. The first-order valence-corrected chi connectivity index (χ1v) is 12.0. The van der Waals surface area contributed by atoms with Gasteiger partial charge in [-0.2, -0.15) is 4.37 Å². The van der Waals surface area contributed by atoms with Crippen LogP contribution in [0, 0.1) is 23.4 Å². The number of halogens is 3. The highest BCUT2D eigenvalue weighted by Gasteiger charge is 2.28. The van der Waals surface area contributed by atoms with Crippen LogP contribution in [-0.4, -0.2) is 37.5 Å². The molecular formula is C20H19F3N4O3S2. The Kier molecular flexibility index (Phi) is 6.63. The lowest BCUT2D eigenvalue weighted by atomic mass is 9.82. The van der Waals surface area contributed by atoms with Crippen molar-refractivity contribution in [2.45, 2.75) is 17.2 Å². The molecule has 0 amide bonds. The van der Waals surface area contributed by atoms with E-state index in [2.05, 4.69) is 14.7 Å². The van der Waals surface area contributed by atoms with Crippen molar-refractivity contribution in [1.82, 2.24) is 14.7 Å². The van der Waals surface area contributed by atoms with E-state index in [1.54, 1.807) is 12.1 Å². The van der Waals surface area contributed by atoms with Crippen LogP contribution in [0.3, 0.4) is 0 Å². The van der Waals surface area contributed by atoms with E-state index in [4.69, 9.17) is 4.74 Å². The van der Waals surface area contributed by atoms with Crippen LogP contribution in [0.15, 0.2) is 47.6 Å². The van der Waals surface area contributed by atoms with Crippen molar-refractivity contribution >= 4 is 26.7 Å². The van der Waals surface area contributed by atoms with Crippen molar-refractivity contribution in [1.29, 1.82) is 0 Å². The topological polar surface area (TPSA) is 93.2 Å². The minimum absolute atomic E-state index is 0.00742. The van der Waals surface area contributed by atoms with Crippen LogP contribution in [0.25, 0.3) is 0 Å². The normalized spacial score (nSPS) is 19.0. The summed E-state index contributed by atoms with van der Waals surface area (Å²) in [6.07, 6.45) is 1.86. The fourth-order valence-electron chi connectivity index (χ4n) is 3.62. The first-order valence-electron chi connectivity index (χ1n) is 9.71. The second kappa shape index (κ2) is 9.43. The van der Waals surface area contributed by atoms with E-state index >= 15 is 0 Å². The highest BCUT2D eigenvalue weighted by molar-refractivity contribution is 7.93. The Morgan fingerprint density at radius 2 is 1.94 bits per heavy atom. The maximum Gasteiger partial charge on any atom is 0.266 e. The van der Waals surface area contributed by atoms with Crippen molar-refractivity contribution < 1.29 is 26.3 Å². The van der Waals surface area contributed by atoms with E-state index < -0.39 is 26.6 Å². The monoisotopic (exact) mass is 484 g/mol. The number of hydrogen-bond acceptors (Lipinski definition) is 7. The molecule has 12 heteroatoms. The lowest BCUT2D eigenvalue weighted by Gasteiger charge is -2.32. The molecule has 7 nitrogen and oxygen atoms in total. The predicted molar refractivity (Wildman–Crippen MR) is 113 cm³/mol. The van der Waals surface area contributed by atoms with Crippen molar-refractivity contribution in [3.63, 3.8) is 0 Å². The minimum atomic E-state index is -4.39. The van der Waals surface area contributed by atoms with Gasteiger partial charge in [-0.15, -0.1) is 0 Å². The molecule has 1 fully saturated rings. The Balaban J connectivity index is 1.49. The van der Waals surface area contributed by atoms with Crippen LogP contribution in [0.4, 0.5) is 18.3 Å². The number of ether oxygens (including phenoxy) is 1. The van der Waals surface area contributed by atoms with Crippen LogP contribution in [0.2, 0.25) is 0 Å². The third kappa shape index (κ3) is 5.03. The third-order valence-corrected chi connectivity index (χ3v) is 7.30. The molecule has 1 aromatic heterocycles. The molecule has 0 radical (unpaired) electrons. The van der Waals surface area contributed by atoms with Crippen LogP contribution in [-0.2, 0) is 10.0 Å². The Hall–Kier alpha value is -2.70. The first kappa shape index (κ1) is 22.5. The number of piperidine rings is 1. The highest BCUT2D eigenvalue weighted by atomic mass is 32.2. The van der Waals surface area contributed by atoms with Gasteiger partial charge in [-0.25, -0.2) is 26.6 Å². The Bertz CT molecular complexity index is 1180. The van der Waals surface area contributed by atoms with Crippen LogP contribution in [0.5, 0.6) is 5.75 Å². The average Bonchev–Trinajstić information content (AvgIpc) is 3.27. The van der Waals surface area contributed by atoms with Gasteiger partial charge in [0.25, 0.3) is 10.0 Å². The van der Waals surface area contributed by atoms with E-state index in [-0.39, 0.29) is 35.1 Å². The highest BCUT2D eigenvalue weighted by Crippen LogP contribution is 2.32. The van der Waals surface area contributed by atoms with Crippen LogP contribution in [0.1, 0.15) is 17.9 Å². The van der Waals surface area contributed by atoms with E-state index in [0.717, 1.165) is 42.5 Å². The van der Waals surface area contributed by atoms with Crippen molar-refractivity contribution in [2.75, 3.05) is 24.4 Å². The smallest absolute Gasteiger partial charge is 0.266 e. The maximum absolute atomic E-state index is 14.6. The SMILES string of the molecule is O=S(=O)(Nc1ncns1)c1cc(F)c(OC[C@@H]2CCNC[C@H]2c2ccc(F)cc2)cc1F. The van der Waals surface area contributed by atoms with Crippen molar-refractivity contribution in [3.8, 4) is 5.75 Å². The zero-order chi connectivity index (χ0) is 22.7. The van der Waals surface area contributed by atoms with Crippen LogP contribution >= 0.6 is 11.5 Å². The quantitative estimate of drug-likeness (QED) is 0.533. The van der Waals surface area contributed by atoms with Gasteiger partial charge in [0, 0.05) is 42.0 Å². The largest absolute Gasteiger partial charge is 0.490 e. The summed E-state index contributed by atoms with van der Waals surface area (Å²) in [5, 5.41) is 3.21. The molecule has 0 bridgehead atoms. The van der Waals surface area contributed by atoms with Gasteiger partial charge in [-0.1, -0.05) is 12.1 Å². The number of nitrogens with zero attached hydrogens (tertiary/aromatic N) is 2. The molecule has 2 atom stereocenters. The Morgan fingerprint density at radius 1 is 1.16 bits per heavy atom. The summed E-state index contributed by atoms with van der Waals surface area (Å²) in [5.41, 5.74) is 0.919. The number of anilines is 1. The summed E-state index contributed by atoms with van der Waals surface area (Å²) in [4.78, 5) is 2.81. The summed E-state index contributed by atoms with van der Waals surface area (Å²) >= 11 is 0.762. The second-order valence-corrected chi connectivity index (χ2v) is 9.72. The summed E-state index contributed by atoms with van der Waals surface area (Å²) < 4.78 is 78.4. The summed E-state index contributed by atoms with van der Waals surface area (Å²) in [7, 11) is -4.39. The van der Waals surface area contributed by atoms with Gasteiger partial charge >= 0.3 is 0 Å². The average molecular weight is 485 g/mol. The van der Waals surface area contributed by atoms with Gasteiger partial charge < -0.3 is 10.1 Å². The summed E-state index contributed by atoms with van der Waals surface area (Å²) in [5.74, 6) is -2.89. The van der Waals surface area contributed by atoms with Crippen molar-refractivity contribution in [2.24, 2.45) is 5.92 Å². The molecule has 170 valence electrons. The molecule has 1 saturated heterocycles. The summed E-state index contributed by atoms with van der Waals surface area (Å²) in [6, 6.07) is 7.46. The molecule has 0 unspecified atom stereocenters. The molecule has 2 N–H and O–H groups in total. The van der Waals surface area contributed by atoms with E-state index in [9.17, 15) is 21.6 Å². The van der Waals surface area contributed by atoms with Crippen molar-refractivity contribution in [3.05, 3.63) is 65.7 Å². The van der Waals surface area contributed by atoms with Crippen LogP contribution < -0.4 is 14.8 Å². The fraction of sp³-hybridized carbons (Fsp3) is 0.300. The number of aromatic nitrogens is 2. The molecular weight excluding hydrogens is 465 g/mol. The number of hydrogen-bond donors (Lipinski definition) is 2. The molecule has 0 spiro atoms. The van der Waals surface area contributed by atoms with Gasteiger partial charge in [0.05, 0.1) is 6.61 Å². The molecule has 32 heavy (non-hydrogen) atoms. The zero-order valence-corrected chi connectivity index (χ0v) is 18.2. The van der Waals surface area contributed by atoms with E-state index in [1.165, 1.54) is 12.1 Å². The predicted octanol–water partition coefficient (Wildman–Crippen LogP) is 3.53. The van der Waals surface area contributed by atoms with Gasteiger partial charge in [0.15, 0.2) is 11.6 Å². The fourth-order valence-corrected chi connectivity index (χ4v) is 5.36. The molecule has 0 aliphatic carbocycles. The van der Waals surface area contributed by atoms with Gasteiger partial charge in [-0.05, 0) is 30.7 Å². The van der Waals surface area contributed by atoms with E-state index in [1.807, 2.05) is 4.72 Å². The van der Waals surface area contributed by atoms with E-state index in [0.29, 0.717) is 12.6 Å². The number of benzene rings is 2. The number of rotatable bonds is 7. The molecule has 0 saturated carbocycles. The standard InChI is InChI=1S/C20H19F3N4O3S2/c21-14-3-1-12(2-4-14)15-9-24-6-5-13(15)10-30-18-7-17(23)19(8-16(18)22)32(28,29)27-20-25-11-26-31-20/h1-4,7-8,11,13,15,24H,5-6,9-10H2,(H,25,26,27)/t13-,15-/m0/s1. The third-order valence-electron chi connectivity index (χ3n) is 5.24. The molecule has 1 aliphatic rings. The zero-order valence-electron chi connectivity index (χ0n) is 16.6. The molecule has 1 aliphatic heterocycles. The molecule has 4 rings (SSSR count). The van der Waals surface area contributed by atoms with Gasteiger partial charge in [0.2, 0.25) is 5.13 Å². The molecule has 2 aromatic carbocycles. The first-order chi connectivity index (χ1) is 15.3. The van der Waals surface area contributed by atoms with Gasteiger partial charge in [0.1, 0.15) is 22.9 Å². The number of nitrogens with one attached hydrogen (secondary N) is 2. The lowest BCUT2D eigenvalue weighted by Crippen LogP contribution is -2.37. The second-order valence-electron chi connectivity index (χ2n) is 7.29. The lowest BCUT2D eigenvalue weighted by molar-refractivity contribution is 0.187. The summed E-state index contributed by atoms with van der Waals surface area (Å²) in [6.45, 7) is 1.47. The Morgan fingerprint density at radius 3 is 2.66 bits per heavy atom. The maximum atomic E-state index is 14.6.